The van der Waals surface area contributed by atoms with Gasteiger partial charge >= 0.3 is 12.5 Å². The van der Waals surface area contributed by atoms with Crippen LogP contribution in [0.4, 0.5) is 23.7 Å². The number of benzene rings is 3. The lowest BCUT2D eigenvalue weighted by Crippen LogP contribution is -2.38. The quantitative estimate of drug-likeness (QED) is 0.330. The number of anilines is 1. The molecule has 0 aliphatic heterocycles. The Morgan fingerprint density at radius 2 is 1.73 bits per heavy atom. The number of ether oxygens (including phenoxy) is 3. The standard InChI is InChI=1S/C29H28F3N3O5/c1-17(15-33)16-35(27(37)40-28(2,3)4)25-23-14-19(8-7-18(23)9-10-24(25)38-6)20-11-21(26(36)34-5)13-22(12-20)39-29(30,31)32/h7-14H,1,16H2,2-6H3,(H,34,36). The van der Waals surface area contributed by atoms with Crippen molar-refractivity contribution >= 4 is 28.5 Å². The van der Waals surface area contributed by atoms with Gasteiger partial charge in [0.15, 0.2) is 0 Å². The minimum Gasteiger partial charge on any atom is -0.495 e. The van der Waals surface area contributed by atoms with Crippen LogP contribution in [0.25, 0.3) is 21.9 Å². The zero-order valence-electron chi connectivity index (χ0n) is 22.6. The Labute approximate surface area is 229 Å². The fourth-order valence-corrected chi connectivity index (χ4v) is 3.92. The number of nitriles is 1. The normalized spacial score (nSPS) is 11.4. The smallest absolute Gasteiger partial charge is 0.495 e. The van der Waals surface area contributed by atoms with E-state index in [0.29, 0.717) is 16.3 Å². The Morgan fingerprint density at radius 1 is 1.05 bits per heavy atom. The number of hydrogen-bond acceptors (Lipinski definition) is 6. The number of carbonyl (C=O) groups is 2. The Hall–Kier alpha value is -4.72. The second-order valence-corrected chi connectivity index (χ2v) is 9.71. The first-order valence-electron chi connectivity index (χ1n) is 12.0. The number of carbonyl (C=O) groups excluding carboxylic acids is 2. The monoisotopic (exact) mass is 555 g/mol. The van der Waals surface area contributed by atoms with E-state index in [1.165, 1.54) is 25.1 Å². The van der Waals surface area contributed by atoms with Gasteiger partial charge in [0.25, 0.3) is 5.91 Å². The van der Waals surface area contributed by atoms with Gasteiger partial charge in [-0.3, -0.25) is 9.69 Å². The summed E-state index contributed by atoms with van der Waals surface area (Å²) in [4.78, 5) is 26.9. The molecule has 0 heterocycles. The highest BCUT2D eigenvalue weighted by molar-refractivity contribution is 6.06. The van der Waals surface area contributed by atoms with Crippen molar-refractivity contribution in [2.24, 2.45) is 0 Å². The van der Waals surface area contributed by atoms with Crippen LogP contribution in [0.3, 0.4) is 0 Å². The molecule has 1 N–H and O–H groups in total. The van der Waals surface area contributed by atoms with Crippen molar-refractivity contribution in [3.63, 3.8) is 0 Å². The number of nitrogens with zero attached hydrogens (tertiary/aromatic N) is 2. The van der Waals surface area contributed by atoms with Crippen LogP contribution in [0.2, 0.25) is 0 Å². The van der Waals surface area contributed by atoms with Gasteiger partial charge in [-0.2, -0.15) is 5.26 Å². The number of rotatable bonds is 7. The highest BCUT2D eigenvalue weighted by Gasteiger charge is 2.32. The molecule has 3 rings (SSSR count). The van der Waals surface area contributed by atoms with Gasteiger partial charge in [-0.05, 0) is 67.6 Å². The molecule has 0 aliphatic rings. The Balaban J connectivity index is 2.29. The molecule has 0 radical (unpaired) electrons. The lowest BCUT2D eigenvalue weighted by molar-refractivity contribution is -0.274. The van der Waals surface area contributed by atoms with E-state index in [9.17, 15) is 28.0 Å². The summed E-state index contributed by atoms with van der Waals surface area (Å²) in [5.41, 5.74) is 0.104. The Kier molecular flexibility index (Phi) is 8.63. The summed E-state index contributed by atoms with van der Waals surface area (Å²) >= 11 is 0. The maximum absolute atomic E-state index is 13.3. The van der Waals surface area contributed by atoms with Gasteiger partial charge in [-0.15, -0.1) is 13.2 Å². The Bertz CT molecular complexity index is 1500. The van der Waals surface area contributed by atoms with E-state index in [-0.39, 0.29) is 34.7 Å². The maximum atomic E-state index is 13.3. The van der Waals surface area contributed by atoms with Crippen molar-refractivity contribution in [2.45, 2.75) is 32.7 Å². The fourth-order valence-electron chi connectivity index (χ4n) is 3.92. The molecule has 3 aromatic rings. The summed E-state index contributed by atoms with van der Waals surface area (Å²) < 4.78 is 54.4. The molecule has 11 heteroatoms. The maximum Gasteiger partial charge on any atom is 0.573 e. The average Bonchev–Trinajstić information content (AvgIpc) is 2.87. The van der Waals surface area contributed by atoms with Crippen molar-refractivity contribution in [1.29, 1.82) is 5.26 Å². The van der Waals surface area contributed by atoms with Gasteiger partial charge < -0.3 is 19.5 Å². The molecule has 0 saturated carbocycles. The summed E-state index contributed by atoms with van der Waals surface area (Å²) in [6.45, 7) is 8.57. The third-order valence-corrected chi connectivity index (χ3v) is 5.53. The van der Waals surface area contributed by atoms with E-state index in [2.05, 4.69) is 16.6 Å². The topological polar surface area (TPSA) is 101 Å². The van der Waals surface area contributed by atoms with E-state index in [0.717, 1.165) is 12.1 Å². The largest absolute Gasteiger partial charge is 0.573 e. The van der Waals surface area contributed by atoms with Crippen LogP contribution in [-0.4, -0.2) is 44.7 Å². The summed E-state index contributed by atoms with van der Waals surface area (Å²) in [5.74, 6) is -0.903. The van der Waals surface area contributed by atoms with Crippen LogP contribution in [0, 0.1) is 11.3 Å². The lowest BCUT2D eigenvalue weighted by Gasteiger charge is -2.29. The summed E-state index contributed by atoms with van der Waals surface area (Å²) in [6, 6.07) is 13.9. The first-order chi connectivity index (χ1) is 18.7. The van der Waals surface area contributed by atoms with Gasteiger partial charge in [-0.1, -0.05) is 24.8 Å². The van der Waals surface area contributed by atoms with Crippen LogP contribution in [0.15, 0.2) is 60.7 Å². The van der Waals surface area contributed by atoms with Crippen LogP contribution in [0.5, 0.6) is 11.5 Å². The molecule has 0 fully saturated rings. The number of methoxy groups -OCH3 is 1. The predicted molar refractivity (Wildman–Crippen MR) is 144 cm³/mol. The van der Waals surface area contributed by atoms with Crippen molar-refractivity contribution in [1.82, 2.24) is 5.32 Å². The highest BCUT2D eigenvalue weighted by Crippen LogP contribution is 2.40. The van der Waals surface area contributed by atoms with Crippen molar-refractivity contribution in [3.05, 3.63) is 66.2 Å². The van der Waals surface area contributed by atoms with Gasteiger partial charge in [0.1, 0.15) is 17.1 Å². The first kappa shape index (κ1) is 29.8. The second-order valence-electron chi connectivity index (χ2n) is 9.71. The number of fused-ring (bicyclic) bond motifs is 1. The SMILES string of the molecule is C=C(C#N)CN(C(=O)OC(C)(C)C)c1c(OC)ccc2ccc(-c3cc(OC(F)(F)F)cc(C(=O)NC)c3)cc12. The van der Waals surface area contributed by atoms with E-state index >= 15 is 0 Å². The minimum atomic E-state index is -4.97. The zero-order chi connectivity index (χ0) is 29.8. The van der Waals surface area contributed by atoms with Crippen LogP contribution in [-0.2, 0) is 4.74 Å². The molecule has 2 amide bonds. The molecule has 0 saturated heterocycles. The minimum absolute atomic E-state index is 0.0501. The Morgan fingerprint density at radius 3 is 2.30 bits per heavy atom. The van der Waals surface area contributed by atoms with Crippen LogP contribution < -0.4 is 19.7 Å². The molecular formula is C29H28F3N3O5. The van der Waals surface area contributed by atoms with Crippen molar-refractivity contribution in [3.8, 4) is 28.7 Å². The summed E-state index contributed by atoms with van der Waals surface area (Å²) in [5, 5.41) is 12.9. The molecule has 0 unspecified atom stereocenters. The fraction of sp³-hybridized carbons (Fsp3) is 0.276. The second kappa shape index (κ2) is 11.6. The number of nitrogens with one attached hydrogen (secondary N) is 1. The van der Waals surface area contributed by atoms with E-state index in [1.54, 1.807) is 51.1 Å². The summed E-state index contributed by atoms with van der Waals surface area (Å²) in [7, 11) is 2.77. The number of hydrogen-bond donors (Lipinski definition) is 1. The van der Waals surface area contributed by atoms with Crippen molar-refractivity contribution in [2.75, 3.05) is 25.6 Å². The van der Waals surface area contributed by atoms with Gasteiger partial charge in [0, 0.05) is 23.6 Å². The van der Waals surface area contributed by atoms with Crippen LogP contribution >= 0.6 is 0 Å². The molecule has 8 nitrogen and oxygen atoms in total. The van der Waals surface area contributed by atoms with E-state index < -0.39 is 29.7 Å². The molecule has 210 valence electrons. The zero-order valence-corrected chi connectivity index (χ0v) is 22.6. The molecule has 3 aromatic carbocycles. The molecule has 0 atom stereocenters. The number of halogens is 3. The van der Waals surface area contributed by atoms with Gasteiger partial charge in [0.2, 0.25) is 0 Å². The molecule has 0 bridgehead atoms. The third kappa shape index (κ3) is 7.22. The molecule has 0 spiro atoms. The third-order valence-electron chi connectivity index (χ3n) is 5.53. The van der Waals surface area contributed by atoms with Gasteiger partial charge in [-0.25, -0.2) is 4.79 Å². The number of alkyl halides is 3. The molecule has 0 aromatic heterocycles. The highest BCUT2D eigenvalue weighted by atomic mass is 19.4. The van der Waals surface area contributed by atoms with Gasteiger partial charge in [0.05, 0.1) is 25.4 Å². The predicted octanol–water partition coefficient (Wildman–Crippen LogP) is 6.59. The average molecular weight is 556 g/mol. The van der Waals surface area contributed by atoms with Crippen LogP contribution in [0.1, 0.15) is 31.1 Å². The summed E-state index contributed by atoms with van der Waals surface area (Å²) in [6.07, 6.45) is -5.73. The van der Waals surface area contributed by atoms with E-state index in [1.807, 2.05) is 6.07 Å². The molecular weight excluding hydrogens is 527 g/mol. The first-order valence-corrected chi connectivity index (χ1v) is 12.0. The number of amides is 2. The van der Waals surface area contributed by atoms with Crippen molar-refractivity contribution < 1.29 is 37.0 Å². The molecule has 0 aliphatic carbocycles. The molecule has 40 heavy (non-hydrogen) atoms. The lowest BCUT2D eigenvalue weighted by atomic mass is 9.97. The van der Waals surface area contributed by atoms with E-state index in [4.69, 9.17) is 9.47 Å².